The molecule has 1 aliphatic heterocycles. The zero-order valence-electron chi connectivity index (χ0n) is 10.4. The number of nitrogens with one attached hydrogen (secondary N) is 1. The first-order valence-electron chi connectivity index (χ1n) is 6.05. The number of hydrogen-bond acceptors (Lipinski definition) is 4. The van der Waals surface area contributed by atoms with Gasteiger partial charge in [-0.25, -0.2) is 4.98 Å². The smallest absolute Gasteiger partial charge is 0.211 e. The van der Waals surface area contributed by atoms with E-state index in [1.807, 2.05) is 13.2 Å². The molecule has 0 radical (unpaired) electrons. The molecule has 0 aromatic carbocycles. The van der Waals surface area contributed by atoms with E-state index in [-0.39, 0.29) is 6.04 Å². The van der Waals surface area contributed by atoms with Gasteiger partial charge in [0, 0.05) is 0 Å². The van der Waals surface area contributed by atoms with E-state index in [1.54, 1.807) is 0 Å². The summed E-state index contributed by atoms with van der Waals surface area (Å²) >= 11 is 0. The lowest BCUT2D eigenvalue weighted by Crippen LogP contribution is -2.29. The second kappa shape index (κ2) is 4.97. The molecule has 1 aliphatic rings. The van der Waals surface area contributed by atoms with Gasteiger partial charge in [-0.1, -0.05) is 6.42 Å². The third kappa shape index (κ3) is 2.28. The molecule has 1 saturated heterocycles. The van der Waals surface area contributed by atoms with Crippen LogP contribution in [0.4, 0.5) is 0 Å². The highest BCUT2D eigenvalue weighted by Crippen LogP contribution is 2.29. The van der Waals surface area contributed by atoms with E-state index in [2.05, 4.69) is 29.2 Å². The Labute approximate surface area is 97.0 Å². The molecule has 1 N–H and O–H groups in total. The Morgan fingerprint density at radius 1 is 1.56 bits per heavy atom. The van der Waals surface area contributed by atoms with Crippen molar-refractivity contribution in [1.29, 1.82) is 0 Å². The van der Waals surface area contributed by atoms with E-state index < -0.39 is 0 Å². The zero-order chi connectivity index (χ0) is 11.5. The van der Waals surface area contributed by atoms with Crippen LogP contribution in [-0.2, 0) is 0 Å². The first-order valence-corrected chi connectivity index (χ1v) is 6.05. The maximum Gasteiger partial charge on any atom is 0.211 e. The highest BCUT2D eigenvalue weighted by molar-refractivity contribution is 5.02. The van der Waals surface area contributed by atoms with E-state index >= 15 is 0 Å². The Morgan fingerprint density at radius 2 is 2.38 bits per heavy atom. The second-order valence-electron chi connectivity index (χ2n) is 4.60. The van der Waals surface area contributed by atoms with Gasteiger partial charge in [-0.15, -0.1) is 0 Å². The largest absolute Gasteiger partial charge is 0.442 e. The Bertz CT molecular complexity index is 337. The maximum atomic E-state index is 5.83. The average Bonchev–Trinajstić information content (AvgIpc) is 2.78. The molecule has 0 amide bonds. The Morgan fingerprint density at radius 3 is 3.06 bits per heavy atom. The molecular weight excluding hydrogens is 202 g/mol. The molecular formula is C12H21N3O. The van der Waals surface area contributed by atoms with Crippen LogP contribution in [0.5, 0.6) is 0 Å². The fourth-order valence-corrected chi connectivity index (χ4v) is 2.18. The van der Waals surface area contributed by atoms with Gasteiger partial charge >= 0.3 is 0 Å². The number of likely N-dealkylation sites (tertiary alicyclic amines) is 1. The minimum absolute atomic E-state index is 0.232. The number of piperidine rings is 1. The number of oxazole rings is 1. The highest BCUT2D eigenvalue weighted by atomic mass is 16.4. The van der Waals surface area contributed by atoms with Gasteiger partial charge in [0.05, 0.1) is 18.3 Å². The van der Waals surface area contributed by atoms with Gasteiger partial charge in [-0.3, -0.25) is 4.90 Å². The number of aromatic nitrogens is 1. The molecule has 90 valence electrons. The van der Waals surface area contributed by atoms with Crippen LogP contribution < -0.4 is 5.32 Å². The molecule has 1 fully saturated rings. The summed E-state index contributed by atoms with van der Waals surface area (Å²) in [5.74, 6) is 1.80. The minimum Gasteiger partial charge on any atom is -0.442 e. The topological polar surface area (TPSA) is 41.3 Å². The molecule has 2 rings (SSSR count). The van der Waals surface area contributed by atoms with Crippen LogP contribution in [0, 0.1) is 0 Å². The van der Waals surface area contributed by atoms with Crippen molar-refractivity contribution in [2.75, 3.05) is 20.6 Å². The summed E-state index contributed by atoms with van der Waals surface area (Å²) in [5, 5.41) is 3.16. The summed E-state index contributed by atoms with van der Waals surface area (Å²) in [6.07, 6.45) is 5.56. The van der Waals surface area contributed by atoms with E-state index in [1.165, 1.54) is 12.8 Å². The van der Waals surface area contributed by atoms with Gasteiger partial charge in [-0.2, -0.15) is 0 Å². The van der Waals surface area contributed by atoms with Crippen molar-refractivity contribution in [3.63, 3.8) is 0 Å². The van der Waals surface area contributed by atoms with Crippen molar-refractivity contribution in [3.8, 4) is 0 Å². The van der Waals surface area contributed by atoms with Crippen molar-refractivity contribution >= 4 is 0 Å². The first kappa shape index (κ1) is 11.6. The Balaban J connectivity index is 2.11. The van der Waals surface area contributed by atoms with Crippen LogP contribution >= 0.6 is 0 Å². The summed E-state index contributed by atoms with van der Waals surface area (Å²) in [6.45, 7) is 3.22. The molecule has 1 aromatic rings. The molecule has 1 aromatic heterocycles. The number of nitrogens with zero attached hydrogens (tertiary/aromatic N) is 2. The van der Waals surface area contributed by atoms with Gasteiger partial charge in [0.1, 0.15) is 5.76 Å². The van der Waals surface area contributed by atoms with Gasteiger partial charge in [0.25, 0.3) is 0 Å². The minimum atomic E-state index is 0.232. The summed E-state index contributed by atoms with van der Waals surface area (Å²) in [5.41, 5.74) is 0. The standard InChI is InChI=1S/C12H21N3O/c1-9(13-2)11-8-14-12(16-11)10-6-4-5-7-15(10)3/h8-10,13H,4-7H2,1-3H3. The summed E-state index contributed by atoms with van der Waals surface area (Å²) in [7, 11) is 4.08. The predicted molar refractivity (Wildman–Crippen MR) is 63.2 cm³/mol. The van der Waals surface area contributed by atoms with Crippen molar-refractivity contribution in [3.05, 3.63) is 17.8 Å². The zero-order valence-corrected chi connectivity index (χ0v) is 10.4. The van der Waals surface area contributed by atoms with Crippen LogP contribution in [-0.4, -0.2) is 30.5 Å². The van der Waals surface area contributed by atoms with Gasteiger partial charge in [0.2, 0.25) is 5.89 Å². The molecule has 0 aliphatic carbocycles. The fourth-order valence-electron chi connectivity index (χ4n) is 2.18. The van der Waals surface area contributed by atoms with Crippen LogP contribution in [0.2, 0.25) is 0 Å². The molecule has 4 heteroatoms. The molecule has 2 heterocycles. The lowest BCUT2D eigenvalue weighted by molar-refractivity contribution is 0.156. The highest BCUT2D eigenvalue weighted by Gasteiger charge is 2.25. The van der Waals surface area contributed by atoms with Crippen molar-refractivity contribution < 1.29 is 4.42 Å². The van der Waals surface area contributed by atoms with Crippen molar-refractivity contribution in [2.24, 2.45) is 0 Å². The van der Waals surface area contributed by atoms with Gasteiger partial charge in [0.15, 0.2) is 0 Å². The van der Waals surface area contributed by atoms with E-state index in [0.29, 0.717) is 6.04 Å². The van der Waals surface area contributed by atoms with Crippen molar-refractivity contribution in [1.82, 2.24) is 15.2 Å². The van der Waals surface area contributed by atoms with E-state index in [0.717, 1.165) is 24.6 Å². The quantitative estimate of drug-likeness (QED) is 0.852. The summed E-state index contributed by atoms with van der Waals surface area (Å²) in [6, 6.07) is 0.599. The Hall–Kier alpha value is -0.870. The van der Waals surface area contributed by atoms with Crippen LogP contribution in [0.25, 0.3) is 0 Å². The van der Waals surface area contributed by atoms with Crippen LogP contribution in [0.15, 0.2) is 10.6 Å². The molecule has 0 saturated carbocycles. The van der Waals surface area contributed by atoms with Crippen molar-refractivity contribution in [2.45, 2.75) is 38.3 Å². The molecule has 0 spiro atoms. The third-order valence-electron chi connectivity index (χ3n) is 3.46. The molecule has 2 atom stereocenters. The molecule has 16 heavy (non-hydrogen) atoms. The number of hydrogen-bond donors (Lipinski definition) is 1. The molecule has 2 unspecified atom stereocenters. The van der Waals surface area contributed by atoms with E-state index in [9.17, 15) is 0 Å². The predicted octanol–water partition coefficient (Wildman–Crippen LogP) is 2.11. The second-order valence-corrected chi connectivity index (χ2v) is 4.60. The average molecular weight is 223 g/mol. The number of rotatable bonds is 3. The monoisotopic (exact) mass is 223 g/mol. The SMILES string of the molecule is CNC(C)c1cnc(C2CCCCN2C)o1. The summed E-state index contributed by atoms with van der Waals surface area (Å²) < 4.78 is 5.83. The van der Waals surface area contributed by atoms with Crippen LogP contribution in [0.3, 0.4) is 0 Å². The third-order valence-corrected chi connectivity index (χ3v) is 3.46. The Kier molecular flexibility index (Phi) is 3.61. The molecule has 4 nitrogen and oxygen atoms in total. The fraction of sp³-hybridized carbons (Fsp3) is 0.750. The normalized spacial score (nSPS) is 24.6. The lowest BCUT2D eigenvalue weighted by Gasteiger charge is -2.29. The van der Waals surface area contributed by atoms with Crippen LogP contribution in [0.1, 0.15) is 49.9 Å². The van der Waals surface area contributed by atoms with Gasteiger partial charge < -0.3 is 9.73 Å². The lowest BCUT2D eigenvalue weighted by atomic mass is 10.0. The summed E-state index contributed by atoms with van der Waals surface area (Å²) in [4.78, 5) is 6.75. The van der Waals surface area contributed by atoms with E-state index in [4.69, 9.17) is 4.42 Å². The molecule has 0 bridgehead atoms. The first-order chi connectivity index (χ1) is 7.72. The van der Waals surface area contributed by atoms with Gasteiger partial charge in [-0.05, 0) is 40.4 Å². The maximum absolute atomic E-state index is 5.83.